The van der Waals surface area contributed by atoms with Gasteiger partial charge in [0.2, 0.25) is 0 Å². The molecule has 1 saturated heterocycles. The van der Waals surface area contributed by atoms with Gasteiger partial charge in [-0.25, -0.2) is 0 Å². The Hall–Kier alpha value is -1.84. The Kier molecular flexibility index (Phi) is 10.1. The van der Waals surface area contributed by atoms with Crippen molar-refractivity contribution in [2.45, 2.75) is 51.5 Å². The molecular weight excluding hydrogens is 420 g/mol. The topological polar surface area (TPSA) is 94.2 Å². The number of carbonyl (C=O) groups excluding carboxylic acids is 1. The van der Waals surface area contributed by atoms with Gasteiger partial charge in [0.25, 0.3) is 16.0 Å². The second-order valence-corrected chi connectivity index (χ2v) is 9.49. The molecule has 1 aliphatic rings. The summed E-state index contributed by atoms with van der Waals surface area (Å²) in [7, 11) is -0.298. The van der Waals surface area contributed by atoms with Crippen LogP contribution in [0.2, 0.25) is 0 Å². The molecule has 176 valence electrons. The molecule has 1 N–H and O–H groups in total. The van der Waals surface area contributed by atoms with Crippen molar-refractivity contribution in [3.05, 3.63) is 23.3 Å². The van der Waals surface area contributed by atoms with E-state index in [0.29, 0.717) is 36.1 Å². The normalized spacial score (nSPS) is 17.0. The highest BCUT2D eigenvalue weighted by atomic mass is 32.2. The third-order valence-corrected chi connectivity index (χ3v) is 6.19. The second-order valence-electron chi connectivity index (χ2n) is 7.85. The van der Waals surface area contributed by atoms with E-state index in [0.717, 1.165) is 57.0 Å². The first-order chi connectivity index (χ1) is 14.8. The molecule has 0 aliphatic carbocycles. The van der Waals surface area contributed by atoms with Crippen molar-refractivity contribution in [3.8, 4) is 11.5 Å². The molecule has 0 saturated carbocycles. The van der Waals surface area contributed by atoms with Gasteiger partial charge in [-0.15, -0.1) is 0 Å². The van der Waals surface area contributed by atoms with Crippen LogP contribution in [-0.4, -0.2) is 72.0 Å². The number of nitrogens with zero attached hydrogens (tertiary/aromatic N) is 1. The zero-order valence-corrected chi connectivity index (χ0v) is 19.9. The summed E-state index contributed by atoms with van der Waals surface area (Å²) in [5, 5.41) is 3.07. The highest BCUT2D eigenvalue weighted by molar-refractivity contribution is 7.85. The van der Waals surface area contributed by atoms with Crippen LogP contribution in [-0.2, 0) is 20.7 Å². The Labute approximate surface area is 186 Å². The quantitative estimate of drug-likeness (QED) is 0.360. The predicted molar refractivity (Wildman–Crippen MR) is 120 cm³/mol. The van der Waals surface area contributed by atoms with Gasteiger partial charge < -0.3 is 14.8 Å². The fraction of sp³-hybridized carbons (Fsp3) is 0.682. The summed E-state index contributed by atoms with van der Waals surface area (Å²) < 4.78 is 37.7. The fourth-order valence-electron chi connectivity index (χ4n) is 4.00. The lowest BCUT2D eigenvalue weighted by molar-refractivity contribution is 0.0937. The number of amides is 1. The van der Waals surface area contributed by atoms with Gasteiger partial charge in [-0.05, 0) is 62.9 Å². The zero-order valence-electron chi connectivity index (χ0n) is 19.1. The minimum absolute atomic E-state index is 0.165. The lowest BCUT2D eigenvalue weighted by atomic mass is 10.0. The number of benzene rings is 1. The Morgan fingerprint density at radius 1 is 1.19 bits per heavy atom. The highest BCUT2D eigenvalue weighted by Crippen LogP contribution is 2.33. The van der Waals surface area contributed by atoms with E-state index >= 15 is 0 Å². The van der Waals surface area contributed by atoms with Gasteiger partial charge in [-0.3, -0.25) is 13.9 Å². The number of ether oxygens (including phenoxy) is 2. The molecule has 31 heavy (non-hydrogen) atoms. The minimum Gasteiger partial charge on any atom is -0.493 e. The van der Waals surface area contributed by atoms with E-state index in [2.05, 4.69) is 17.1 Å². The number of aryl methyl sites for hydroxylation is 1. The summed E-state index contributed by atoms with van der Waals surface area (Å²) in [5.74, 6) is 0.798. The van der Waals surface area contributed by atoms with E-state index in [1.165, 1.54) is 7.11 Å². The molecule has 1 aromatic carbocycles. The highest BCUT2D eigenvalue weighted by Gasteiger charge is 2.25. The molecule has 0 radical (unpaired) electrons. The number of likely N-dealkylation sites (N-methyl/N-ethyl adjacent to an activating group) is 1. The average molecular weight is 457 g/mol. The van der Waals surface area contributed by atoms with E-state index < -0.39 is 10.1 Å². The van der Waals surface area contributed by atoms with Gasteiger partial charge in [0.1, 0.15) is 0 Å². The monoisotopic (exact) mass is 456 g/mol. The average Bonchev–Trinajstić information content (AvgIpc) is 3.20. The molecule has 2 rings (SSSR count). The van der Waals surface area contributed by atoms with Crippen molar-refractivity contribution in [1.29, 1.82) is 0 Å². The van der Waals surface area contributed by atoms with Crippen LogP contribution in [0.25, 0.3) is 0 Å². The molecule has 1 amide bonds. The number of nitrogens with one attached hydrogen (secondary N) is 1. The van der Waals surface area contributed by atoms with Crippen LogP contribution >= 0.6 is 0 Å². The Bertz CT molecular complexity index is 828. The fourth-order valence-corrected chi connectivity index (χ4v) is 4.42. The van der Waals surface area contributed by atoms with Gasteiger partial charge in [-0.2, -0.15) is 8.42 Å². The van der Waals surface area contributed by atoms with Crippen LogP contribution < -0.4 is 14.8 Å². The Morgan fingerprint density at radius 2 is 1.97 bits per heavy atom. The summed E-state index contributed by atoms with van der Waals surface area (Å²) in [5.41, 5.74) is 1.45. The third-order valence-electron chi connectivity index (χ3n) is 5.59. The van der Waals surface area contributed by atoms with E-state index in [4.69, 9.17) is 13.7 Å². The summed E-state index contributed by atoms with van der Waals surface area (Å²) in [6, 6.07) is 4.12. The van der Waals surface area contributed by atoms with Crippen molar-refractivity contribution in [3.63, 3.8) is 0 Å². The summed E-state index contributed by atoms with van der Waals surface area (Å²) in [6.45, 7) is 5.02. The maximum absolute atomic E-state index is 13.0. The van der Waals surface area contributed by atoms with Gasteiger partial charge in [-0.1, -0.05) is 13.3 Å². The summed E-state index contributed by atoms with van der Waals surface area (Å²) >= 11 is 0. The Balaban J connectivity index is 1.99. The van der Waals surface area contributed by atoms with Crippen LogP contribution in [0.3, 0.4) is 0 Å². The molecule has 0 aromatic heterocycles. The number of carbonyl (C=O) groups is 1. The standard InChI is InChI=1S/C22H36N2O6S/c1-5-24-12-9-11-18(24)16-23-22(25)19-14-17(15-20(28-2)21(19)29-3)10-7-6-8-13-30-31(4,26)27/h14-15,18H,5-13,16H2,1-4H3,(H,23,25)/t18-/m0/s1. The molecule has 8 nitrogen and oxygen atoms in total. The van der Waals surface area contributed by atoms with Crippen molar-refractivity contribution in [2.75, 3.05) is 46.7 Å². The number of hydrogen-bond donors (Lipinski definition) is 1. The van der Waals surface area contributed by atoms with Gasteiger partial charge >= 0.3 is 0 Å². The number of methoxy groups -OCH3 is 2. The van der Waals surface area contributed by atoms with Crippen LogP contribution in [0, 0.1) is 0 Å². The Morgan fingerprint density at radius 3 is 2.61 bits per heavy atom. The first-order valence-corrected chi connectivity index (χ1v) is 12.7. The maximum atomic E-state index is 13.0. The third kappa shape index (κ3) is 7.97. The first-order valence-electron chi connectivity index (χ1n) is 10.9. The number of hydrogen-bond acceptors (Lipinski definition) is 7. The molecule has 1 atom stereocenters. The molecule has 1 fully saturated rings. The number of rotatable bonds is 13. The van der Waals surface area contributed by atoms with Crippen molar-refractivity contribution in [2.24, 2.45) is 0 Å². The minimum atomic E-state index is -3.39. The summed E-state index contributed by atoms with van der Waals surface area (Å²) in [6.07, 6.45) is 6.37. The number of unbranched alkanes of at least 4 members (excludes halogenated alkanes) is 2. The van der Waals surface area contributed by atoms with E-state index in [1.54, 1.807) is 7.11 Å². The molecule has 0 unspecified atom stereocenters. The van der Waals surface area contributed by atoms with Crippen LogP contribution in [0.15, 0.2) is 12.1 Å². The largest absolute Gasteiger partial charge is 0.493 e. The molecule has 1 heterocycles. The van der Waals surface area contributed by atoms with Crippen molar-refractivity contribution < 1.29 is 26.9 Å². The van der Waals surface area contributed by atoms with Gasteiger partial charge in [0, 0.05) is 12.6 Å². The van der Waals surface area contributed by atoms with E-state index in [1.807, 2.05) is 12.1 Å². The number of likely N-dealkylation sites (tertiary alicyclic amines) is 1. The lowest BCUT2D eigenvalue weighted by Crippen LogP contribution is -2.40. The molecule has 1 aliphatic heterocycles. The molecular formula is C22H36N2O6S. The first kappa shape index (κ1) is 25.4. The molecule has 1 aromatic rings. The molecule has 0 bridgehead atoms. The predicted octanol–water partition coefficient (Wildman–Crippen LogP) is 2.61. The van der Waals surface area contributed by atoms with Crippen molar-refractivity contribution in [1.82, 2.24) is 10.2 Å². The zero-order chi connectivity index (χ0) is 22.9. The molecule has 9 heteroatoms. The lowest BCUT2D eigenvalue weighted by Gasteiger charge is -2.23. The van der Waals surface area contributed by atoms with Gasteiger partial charge in [0.15, 0.2) is 11.5 Å². The van der Waals surface area contributed by atoms with Gasteiger partial charge in [0.05, 0.1) is 32.6 Å². The smallest absolute Gasteiger partial charge is 0.264 e. The van der Waals surface area contributed by atoms with E-state index in [-0.39, 0.29) is 12.5 Å². The van der Waals surface area contributed by atoms with E-state index in [9.17, 15) is 13.2 Å². The second kappa shape index (κ2) is 12.3. The summed E-state index contributed by atoms with van der Waals surface area (Å²) in [4.78, 5) is 15.4. The van der Waals surface area contributed by atoms with Crippen LogP contribution in [0.4, 0.5) is 0 Å². The van der Waals surface area contributed by atoms with Crippen LogP contribution in [0.5, 0.6) is 11.5 Å². The van der Waals surface area contributed by atoms with Crippen molar-refractivity contribution >= 4 is 16.0 Å². The SMILES string of the molecule is CCN1CCC[C@H]1CNC(=O)c1cc(CCCCCOS(C)(=O)=O)cc(OC)c1OC. The van der Waals surface area contributed by atoms with Crippen LogP contribution in [0.1, 0.15) is 54.9 Å². The molecule has 0 spiro atoms. The maximum Gasteiger partial charge on any atom is 0.264 e.